The summed E-state index contributed by atoms with van der Waals surface area (Å²) in [7, 11) is 0. The Morgan fingerprint density at radius 2 is 1.59 bits per heavy atom. The lowest BCUT2D eigenvalue weighted by molar-refractivity contribution is -0.0563. The van der Waals surface area contributed by atoms with Crippen molar-refractivity contribution in [1.29, 1.82) is 0 Å². The second-order valence-electron chi connectivity index (χ2n) is 7.91. The van der Waals surface area contributed by atoms with Crippen LogP contribution in [0.4, 0.5) is 10.5 Å². The summed E-state index contributed by atoms with van der Waals surface area (Å²) in [5.41, 5.74) is 1.41. The van der Waals surface area contributed by atoms with Gasteiger partial charge in [-0.25, -0.2) is 4.79 Å². The molecule has 4 bridgehead atoms. The second-order valence-corrected chi connectivity index (χ2v) is 7.91. The van der Waals surface area contributed by atoms with Crippen molar-refractivity contribution < 1.29 is 4.79 Å². The first-order chi connectivity index (χ1) is 10.7. The number of benzene rings is 1. The molecular weight excluding hydrogens is 272 g/mol. The lowest BCUT2D eigenvalue weighted by Crippen LogP contribution is -2.47. The molecule has 0 aromatic heterocycles. The lowest BCUT2D eigenvalue weighted by Gasteiger charge is -2.57. The maximum Gasteiger partial charge on any atom is 0.319 e. The maximum absolute atomic E-state index is 12.0. The van der Waals surface area contributed by atoms with Crippen molar-refractivity contribution in [3.8, 4) is 0 Å². The zero-order valence-electron chi connectivity index (χ0n) is 13.2. The van der Waals surface area contributed by atoms with Gasteiger partial charge >= 0.3 is 6.03 Å². The number of para-hydroxylation sites is 1. The number of hydrogen-bond acceptors (Lipinski definition) is 1. The van der Waals surface area contributed by atoms with Crippen molar-refractivity contribution in [1.82, 2.24) is 5.32 Å². The largest absolute Gasteiger partial charge is 0.338 e. The van der Waals surface area contributed by atoms with Crippen LogP contribution in [0.2, 0.25) is 0 Å². The van der Waals surface area contributed by atoms with Gasteiger partial charge in [-0.1, -0.05) is 18.2 Å². The molecule has 4 fully saturated rings. The average molecular weight is 298 g/mol. The molecule has 1 aromatic carbocycles. The molecule has 2 amide bonds. The van der Waals surface area contributed by atoms with Crippen LogP contribution in [0.25, 0.3) is 0 Å². The van der Waals surface area contributed by atoms with E-state index < -0.39 is 0 Å². The van der Waals surface area contributed by atoms with E-state index in [0.717, 1.165) is 30.0 Å². The van der Waals surface area contributed by atoms with Gasteiger partial charge in [0.05, 0.1) is 0 Å². The molecule has 0 atom stereocenters. The number of nitrogens with one attached hydrogen (secondary N) is 2. The fourth-order valence-corrected chi connectivity index (χ4v) is 5.73. The Morgan fingerprint density at radius 3 is 2.18 bits per heavy atom. The van der Waals surface area contributed by atoms with Crippen LogP contribution in [0.15, 0.2) is 30.3 Å². The third-order valence-corrected chi connectivity index (χ3v) is 6.14. The second kappa shape index (κ2) is 5.60. The van der Waals surface area contributed by atoms with E-state index >= 15 is 0 Å². The molecule has 3 heteroatoms. The van der Waals surface area contributed by atoms with E-state index in [1.54, 1.807) is 0 Å². The minimum atomic E-state index is -0.0732. The molecule has 3 nitrogen and oxygen atoms in total. The third-order valence-electron chi connectivity index (χ3n) is 6.14. The first-order valence-corrected chi connectivity index (χ1v) is 8.81. The Hall–Kier alpha value is -1.51. The maximum atomic E-state index is 12.0. The molecule has 0 unspecified atom stereocenters. The normalized spacial score (nSPS) is 35.4. The number of carbonyl (C=O) groups is 1. The highest BCUT2D eigenvalue weighted by atomic mass is 16.2. The van der Waals surface area contributed by atoms with Gasteiger partial charge in [-0.15, -0.1) is 0 Å². The van der Waals surface area contributed by atoms with Gasteiger partial charge in [0, 0.05) is 12.2 Å². The standard InChI is InChI=1S/C19H26N2O/c22-18(21-17-4-2-1-3-5-17)20-7-6-19-11-14-8-15(12-19)10-16(9-14)13-19/h1-5,14-16H,6-13H2,(H2,20,21,22). The summed E-state index contributed by atoms with van der Waals surface area (Å²) in [5.74, 6) is 2.97. The average Bonchev–Trinajstić information content (AvgIpc) is 2.46. The van der Waals surface area contributed by atoms with E-state index in [9.17, 15) is 4.79 Å². The SMILES string of the molecule is O=C(NCCC12CC3CC(CC(C3)C1)C2)Nc1ccccc1. The topological polar surface area (TPSA) is 41.1 Å². The smallest absolute Gasteiger partial charge is 0.319 e. The molecule has 118 valence electrons. The van der Waals surface area contributed by atoms with E-state index in [-0.39, 0.29) is 6.03 Å². The Balaban J connectivity index is 1.27. The summed E-state index contributed by atoms with van der Waals surface area (Å²) in [6.07, 6.45) is 9.88. The molecular formula is C19H26N2O. The summed E-state index contributed by atoms with van der Waals surface area (Å²) in [6, 6.07) is 9.58. The third kappa shape index (κ3) is 2.86. The Kier molecular flexibility index (Phi) is 3.59. The first-order valence-electron chi connectivity index (χ1n) is 8.81. The fourth-order valence-electron chi connectivity index (χ4n) is 5.73. The van der Waals surface area contributed by atoms with Crippen molar-refractivity contribution in [3.63, 3.8) is 0 Å². The van der Waals surface area contributed by atoms with E-state index in [2.05, 4.69) is 10.6 Å². The zero-order chi connectivity index (χ0) is 15.0. The number of rotatable bonds is 4. The summed E-state index contributed by atoms with van der Waals surface area (Å²) in [5, 5.41) is 5.96. The van der Waals surface area contributed by atoms with Gasteiger partial charge in [-0.05, 0) is 80.2 Å². The highest BCUT2D eigenvalue weighted by Crippen LogP contribution is 2.61. The molecule has 0 aliphatic heterocycles. The van der Waals surface area contributed by atoms with Gasteiger partial charge in [0.25, 0.3) is 0 Å². The number of carbonyl (C=O) groups excluding carboxylic acids is 1. The molecule has 1 aromatic rings. The molecule has 4 saturated carbocycles. The molecule has 4 aliphatic rings. The van der Waals surface area contributed by atoms with Crippen molar-refractivity contribution in [2.24, 2.45) is 23.2 Å². The Morgan fingerprint density at radius 1 is 1.00 bits per heavy atom. The van der Waals surface area contributed by atoms with Gasteiger partial charge in [0.1, 0.15) is 0 Å². The van der Waals surface area contributed by atoms with Crippen LogP contribution in [0, 0.1) is 23.2 Å². The summed E-state index contributed by atoms with van der Waals surface area (Å²) >= 11 is 0. The molecule has 0 saturated heterocycles. The summed E-state index contributed by atoms with van der Waals surface area (Å²) < 4.78 is 0. The highest BCUT2D eigenvalue weighted by molar-refractivity contribution is 5.89. The first kappa shape index (κ1) is 14.1. The van der Waals surface area contributed by atoms with E-state index in [1.165, 1.54) is 44.9 Å². The van der Waals surface area contributed by atoms with Gasteiger partial charge in [-0.2, -0.15) is 0 Å². The van der Waals surface area contributed by atoms with Crippen molar-refractivity contribution in [2.45, 2.75) is 44.9 Å². The van der Waals surface area contributed by atoms with Crippen LogP contribution >= 0.6 is 0 Å². The summed E-state index contributed by atoms with van der Waals surface area (Å²) in [4.78, 5) is 12.0. The zero-order valence-corrected chi connectivity index (χ0v) is 13.2. The van der Waals surface area contributed by atoms with Crippen LogP contribution in [0.3, 0.4) is 0 Å². The predicted molar refractivity (Wildman–Crippen MR) is 88.7 cm³/mol. The predicted octanol–water partition coefficient (Wildman–Crippen LogP) is 4.41. The van der Waals surface area contributed by atoms with Crippen LogP contribution in [-0.2, 0) is 0 Å². The van der Waals surface area contributed by atoms with E-state index in [0.29, 0.717) is 5.41 Å². The number of amides is 2. The van der Waals surface area contributed by atoms with Crippen LogP contribution in [0.5, 0.6) is 0 Å². The molecule has 0 radical (unpaired) electrons. The molecule has 22 heavy (non-hydrogen) atoms. The van der Waals surface area contributed by atoms with Crippen molar-refractivity contribution >= 4 is 11.7 Å². The molecule has 0 spiro atoms. The van der Waals surface area contributed by atoms with Crippen LogP contribution in [0.1, 0.15) is 44.9 Å². The Bertz CT molecular complexity index is 504. The highest BCUT2D eigenvalue weighted by Gasteiger charge is 2.50. The van der Waals surface area contributed by atoms with Crippen LogP contribution in [-0.4, -0.2) is 12.6 Å². The van der Waals surface area contributed by atoms with Gasteiger partial charge in [0.15, 0.2) is 0 Å². The monoisotopic (exact) mass is 298 g/mol. The quantitative estimate of drug-likeness (QED) is 0.849. The molecule has 5 rings (SSSR count). The molecule has 2 N–H and O–H groups in total. The number of urea groups is 1. The fraction of sp³-hybridized carbons (Fsp3) is 0.632. The molecule has 0 heterocycles. The van der Waals surface area contributed by atoms with Gasteiger partial charge in [0.2, 0.25) is 0 Å². The van der Waals surface area contributed by atoms with E-state index in [1.807, 2.05) is 30.3 Å². The van der Waals surface area contributed by atoms with Crippen molar-refractivity contribution in [3.05, 3.63) is 30.3 Å². The number of anilines is 1. The van der Waals surface area contributed by atoms with Gasteiger partial charge < -0.3 is 10.6 Å². The summed E-state index contributed by atoms with van der Waals surface area (Å²) in [6.45, 7) is 0.810. The lowest BCUT2D eigenvalue weighted by atomic mass is 9.49. The van der Waals surface area contributed by atoms with Crippen molar-refractivity contribution in [2.75, 3.05) is 11.9 Å². The minimum absolute atomic E-state index is 0.0732. The molecule has 4 aliphatic carbocycles. The van der Waals surface area contributed by atoms with E-state index in [4.69, 9.17) is 0 Å². The minimum Gasteiger partial charge on any atom is -0.338 e. The van der Waals surface area contributed by atoms with Gasteiger partial charge in [-0.3, -0.25) is 0 Å². The number of hydrogen-bond donors (Lipinski definition) is 2. The Labute approximate surface area is 132 Å². The van der Waals surface area contributed by atoms with Crippen LogP contribution < -0.4 is 10.6 Å².